The van der Waals surface area contributed by atoms with Gasteiger partial charge in [0.05, 0.1) is 19.6 Å². The fourth-order valence-corrected chi connectivity index (χ4v) is 1.93. The number of aliphatic carboxylic acids is 1. The fourth-order valence-electron chi connectivity index (χ4n) is 1.93. The van der Waals surface area contributed by atoms with Gasteiger partial charge >= 0.3 is 5.97 Å². The third kappa shape index (κ3) is 2.75. The van der Waals surface area contributed by atoms with Gasteiger partial charge in [-0.05, 0) is 38.8 Å². The number of hydrogen-bond acceptors (Lipinski definition) is 3. The largest absolute Gasteiger partial charge is 0.496 e. The number of ether oxygens (including phenoxy) is 2. The Hall–Kier alpha value is -1.71. The molecule has 1 rings (SSSR count). The first-order valence-corrected chi connectivity index (χ1v) is 5.77. The summed E-state index contributed by atoms with van der Waals surface area (Å²) in [5.74, 6) is 0.616. The summed E-state index contributed by atoms with van der Waals surface area (Å²) in [6.45, 7) is 5.30. The lowest BCUT2D eigenvalue weighted by molar-refractivity contribution is -0.146. The lowest BCUT2D eigenvalue weighted by Crippen LogP contribution is -2.26. The van der Waals surface area contributed by atoms with Crippen LogP contribution in [0, 0.1) is 12.3 Å². The molecule has 0 atom stereocenters. The van der Waals surface area contributed by atoms with E-state index in [-0.39, 0.29) is 0 Å². The zero-order valence-electron chi connectivity index (χ0n) is 11.5. The van der Waals surface area contributed by atoms with E-state index in [9.17, 15) is 9.90 Å². The van der Waals surface area contributed by atoms with Crippen LogP contribution in [-0.4, -0.2) is 25.3 Å². The molecule has 0 saturated heterocycles. The minimum atomic E-state index is -0.825. The third-order valence-corrected chi connectivity index (χ3v) is 3.07. The molecule has 0 saturated carbocycles. The zero-order chi connectivity index (χ0) is 13.9. The normalized spacial score (nSPS) is 11.2. The molecule has 0 radical (unpaired) electrons. The Morgan fingerprint density at radius 2 is 1.89 bits per heavy atom. The van der Waals surface area contributed by atoms with Crippen molar-refractivity contribution in [2.45, 2.75) is 27.2 Å². The van der Waals surface area contributed by atoms with Gasteiger partial charge in [-0.25, -0.2) is 0 Å². The van der Waals surface area contributed by atoms with Crippen LogP contribution >= 0.6 is 0 Å². The van der Waals surface area contributed by atoms with E-state index < -0.39 is 11.4 Å². The van der Waals surface area contributed by atoms with Gasteiger partial charge in [0.1, 0.15) is 11.5 Å². The van der Waals surface area contributed by atoms with Gasteiger partial charge in [0.15, 0.2) is 0 Å². The van der Waals surface area contributed by atoms with Crippen molar-refractivity contribution in [1.29, 1.82) is 0 Å². The highest BCUT2D eigenvalue weighted by Gasteiger charge is 2.29. The Morgan fingerprint density at radius 3 is 2.33 bits per heavy atom. The van der Waals surface area contributed by atoms with Crippen molar-refractivity contribution in [3.8, 4) is 11.5 Å². The van der Waals surface area contributed by atoms with Crippen molar-refractivity contribution in [3.63, 3.8) is 0 Å². The number of carbonyl (C=O) groups is 1. The zero-order valence-corrected chi connectivity index (χ0v) is 11.5. The quantitative estimate of drug-likeness (QED) is 0.875. The second-order valence-electron chi connectivity index (χ2n) is 4.95. The predicted octanol–water partition coefficient (Wildman–Crippen LogP) is 2.67. The van der Waals surface area contributed by atoms with Gasteiger partial charge in [0, 0.05) is 5.56 Å². The van der Waals surface area contributed by atoms with E-state index in [0.717, 1.165) is 16.9 Å². The summed E-state index contributed by atoms with van der Waals surface area (Å²) in [6.07, 6.45) is 0.413. The molecule has 0 amide bonds. The molecule has 0 unspecified atom stereocenters. The van der Waals surface area contributed by atoms with Gasteiger partial charge in [-0.2, -0.15) is 0 Å². The van der Waals surface area contributed by atoms with Gasteiger partial charge in [-0.1, -0.05) is 6.07 Å². The standard InChI is InChI=1S/C14H20O4/c1-9-11(17-4)7-6-10(12(9)18-5)8-14(2,3)13(15)16/h6-7H,8H2,1-5H3,(H,15,16). The SMILES string of the molecule is COc1ccc(CC(C)(C)C(=O)O)c(OC)c1C. The number of rotatable bonds is 5. The van der Waals surface area contributed by atoms with Crippen molar-refractivity contribution in [3.05, 3.63) is 23.3 Å². The smallest absolute Gasteiger partial charge is 0.309 e. The van der Waals surface area contributed by atoms with Gasteiger partial charge in [-0.3, -0.25) is 4.79 Å². The van der Waals surface area contributed by atoms with Gasteiger partial charge in [0.2, 0.25) is 0 Å². The number of carboxylic acid groups (broad SMARTS) is 1. The summed E-state index contributed by atoms with van der Waals surface area (Å²) in [4.78, 5) is 11.2. The molecule has 1 N–H and O–H groups in total. The summed E-state index contributed by atoms with van der Waals surface area (Å²) in [7, 11) is 3.18. The van der Waals surface area contributed by atoms with Crippen LogP contribution in [0.2, 0.25) is 0 Å². The monoisotopic (exact) mass is 252 g/mol. The van der Waals surface area contributed by atoms with E-state index in [1.165, 1.54) is 0 Å². The fraction of sp³-hybridized carbons (Fsp3) is 0.500. The maximum Gasteiger partial charge on any atom is 0.309 e. The van der Waals surface area contributed by atoms with Gasteiger partial charge < -0.3 is 14.6 Å². The van der Waals surface area contributed by atoms with Crippen molar-refractivity contribution < 1.29 is 19.4 Å². The molecule has 100 valence electrons. The van der Waals surface area contributed by atoms with Crippen molar-refractivity contribution in [2.24, 2.45) is 5.41 Å². The Bertz CT molecular complexity index is 449. The topological polar surface area (TPSA) is 55.8 Å². The molecular formula is C14H20O4. The van der Waals surface area contributed by atoms with Gasteiger partial charge in [-0.15, -0.1) is 0 Å². The van der Waals surface area contributed by atoms with Crippen LogP contribution in [0.5, 0.6) is 11.5 Å². The van der Waals surface area contributed by atoms with Crippen LogP contribution in [-0.2, 0) is 11.2 Å². The third-order valence-electron chi connectivity index (χ3n) is 3.07. The molecule has 0 spiro atoms. The molecular weight excluding hydrogens is 232 g/mol. The molecule has 0 aromatic heterocycles. The van der Waals surface area contributed by atoms with E-state index in [0.29, 0.717) is 12.2 Å². The molecule has 0 aliphatic heterocycles. The molecule has 0 bridgehead atoms. The van der Waals surface area contributed by atoms with Crippen LogP contribution in [0.3, 0.4) is 0 Å². The Morgan fingerprint density at radius 1 is 1.28 bits per heavy atom. The predicted molar refractivity (Wildman–Crippen MR) is 69.4 cm³/mol. The summed E-state index contributed by atoms with van der Waals surface area (Å²) in [5, 5.41) is 9.17. The molecule has 18 heavy (non-hydrogen) atoms. The second kappa shape index (κ2) is 5.29. The molecule has 0 aliphatic carbocycles. The molecule has 0 aliphatic rings. The highest BCUT2D eigenvalue weighted by Crippen LogP contribution is 2.35. The van der Waals surface area contributed by atoms with Crippen molar-refractivity contribution >= 4 is 5.97 Å². The summed E-state index contributed by atoms with van der Waals surface area (Å²) in [6, 6.07) is 3.69. The van der Waals surface area contributed by atoms with Gasteiger partial charge in [0.25, 0.3) is 0 Å². The van der Waals surface area contributed by atoms with E-state index in [1.54, 1.807) is 28.1 Å². The minimum Gasteiger partial charge on any atom is -0.496 e. The lowest BCUT2D eigenvalue weighted by atomic mass is 9.85. The number of hydrogen-bond donors (Lipinski definition) is 1. The average molecular weight is 252 g/mol. The first kappa shape index (κ1) is 14.4. The summed E-state index contributed by atoms with van der Waals surface area (Å²) >= 11 is 0. The van der Waals surface area contributed by atoms with Crippen LogP contribution in [0.4, 0.5) is 0 Å². The maximum atomic E-state index is 11.2. The first-order valence-electron chi connectivity index (χ1n) is 5.77. The van der Waals surface area contributed by atoms with Crippen LogP contribution < -0.4 is 9.47 Å². The van der Waals surface area contributed by atoms with E-state index in [1.807, 2.05) is 19.1 Å². The Kier molecular flexibility index (Phi) is 4.22. The summed E-state index contributed by atoms with van der Waals surface area (Å²) < 4.78 is 10.6. The lowest BCUT2D eigenvalue weighted by Gasteiger charge is -2.22. The van der Waals surface area contributed by atoms with Crippen LogP contribution in [0.25, 0.3) is 0 Å². The minimum absolute atomic E-state index is 0.413. The molecule has 1 aromatic rings. The maximum absolute atomic E-state index is 11.2. The highest BCUT2D eigenvalue weighted by atomic mass is 16.5. The number of carboxylic acids is 1. The first-order chi connectivity index (χ1) is 8.33. The number of benzene rings is 1. The van der Waals surface area contributed by atoms with Crippen molar-refractivity contribution in [1.82, 2.24) is 0 Å². The highest BCUT2D eigenvalue weighted by molar-refractivity contribution is 5.74. The molecule has 4 heteroatoms. The Balaban J connectivity index is 3.18. The van der Waals surface area contributed by atoms with E-state index >= 15 is 0 Å². The molecule has 0 fully saturated rings. The van der Waals surface area contributed by atoms with E-state index in [2.05, 4.69) is 0 Å². The molecule has 0 heterocycles. The average Bonchev–Trinajstić information content (AvgIpc) is 2.29. The summed E-state index contributed by atoms with van der Waals surface area (Å²) in [5.41, 5.74) is 0.941. The Labute approximate surface area is 108 Å². The van der Waals surface area contributed by atoms with Crippen LogP contribution in [0.1, 0.15) is 25.0 Å². The number of methoxy groups -OCH3 is 2. The molecule has 1 aromatic carbocycles. The second-order valence-corrected chi connectivity index (χ2v) is 4.95. The molecule has 4 nitrogen and oxygen atoms in total. The van der Waals surface area contributed by atoms with Crippen LogP contribution in [0.15, 0.2) is 12.1 Å². The van der Waals surface area contributed by atoms with Crippen molar-refractivity contribution in [2.75, 3.05) is 14.2 Å². The van der Waals surface area contributed by atoms with E-state index in [4.69, 9.17) is 9.47 Å².